The van der Waals surface area contributed by atoms with E-state index in [1.807, 2.05) is 0 Å². The van der Waals surface area contributed by atoms with Crippen molar-refractivity contribution in [1.29, 1.82) is 0 Å². The van der Waals surface area contributed by atoms with E-state index in [1.165, 1.54) is 16.8 Å². The molecule has 2 rings (SSSR count). The van der Waals surface area contributed by atoms with Crippen molar-refractivity contribution in [3.05, 3.63) is 41.5 Å². The van der Waals surface area contributed by atoms with Gasteiger partial charge >= 0.3 is 5.97 Å². The molecule has 1 aromatic heterocycles. The number of amides is 1. The maximum Gasteiger partial charge on any atom is 0.305 e. The fourth-order valence-electron chi connectivity index (χ4n) is 2.07. The zero-order valence-corrected chi connectivity index (χ0v) is 12.4. The number of carboxylic acid groups (broad SMARTS) is 1. The Hall–Kier alpha value is -2.84. The van der Waals surface area contributed by atoms with Crippen LogP contribution in [0, 0.1) is 12.7 Å². The van der Waals surface area contributed by atoms with Gasteiger partial charge in [-0.3, -0.25) is 9.59 Å². The van der Waals surface area contributed by atoms with Gasteiger partial charge in [-0.25, -0.2) is 9.07 Å². The second kappa shape index (κ2) is 7.43. The molecule has 23 heavy (non-hydrogen) atoms. The van der Waals surface area contributed by atoms with E-state index in [1.54, 1.807) is 19.1 Å². The van der Waals surface area contributed by atoms with Crippen molar-refractivity contribution in [1.82, 2.24) is 25.5 Å². The molecule has 0 radical (unpaired) electrons. The molecule has 1 amide bonds. The summed E-state index contributed by atoms with van der Waals surface area (Å²) in [7, 11) is 0. The third-order valence-electron chi connectivity index (χ3n) is 3.24. The first-order chi connectivity index (χ1) is 11.0. The molecule has 122 valence electrons. The summed E-state index contributed by atoms with van der Waals surface area (Å²) < 4.78 is 14.4. The number of rotatable bonds is 7. The number of aromatic nitrogens is 4. The second-order valence-corrected chi connectivity index (χ2v) is 4.95. The number of aryl methyl sites for hydroxylation is 1. The largest absolute Gasteiger partial charge is 0.481 e. The molecule has 0 spiro atoms. The minimum Gasteiger partial charge on any atom is -0.481 e. The molecule has 0 aliphatic heterocycles. The number of benzene rings is 1. The number of carboxylic acids is 1. The summed E-state index contributed by atoms with van der Waals surface area (Å²) in [5, 5.41) is 22.2. The van der Waals surface area contributed by atoms with Crippen molar-refractivity contribution in [2.75, 3.05) is 6.54 Å². The summed E-state index contributed by atoms with van der Waals surface area (Å²) in [5.41, 5.74) is 0.736. The molecule has 0 fully saturated rings. The van der Waals surface area contributed by atoms with Crippen LogP contribution in [0.1, 0.15) is 23.9 Å². The van der Waals surface area contributed by atoms with Gasteiger partial charge in [0, 0.05) is 13.0 Å². The summed E-state index contributed by atoms with van der Waals surface area (Å²) in [5.74, 6) is -1.31. The molecule has 0 saturated carbocycles. The SMILES string of the molecule is Cc1nnnn1C(Cc1ccc(F)cc1)C(=O)NCCC(=O)O. The fraction of sp³-hybridized carbons (Fsp3) is 0.357. The number of carbonyl (C=O) groups is 2. The molecule has 0 aliphatic carbocycles. The van der Waals surface area contributed by atoms with Crippen LogP contribution in [0.3, 0.4) is 0 Å². The molecule has 1 heterocycles. The number of tetrazole rings is 1. The molecule has 2 N–H and O–H groups in total. The van der Waals surface area contributed by atoms with Crippen molar-refractivity contribution in [2.24, 2.45) is 0 Å². The highest BCUT2D eigenvalue weighted by Crippen LogP contribution is 2.15. The summed E-state index contributed by atoms with van der Waals surface area (Å²) in [6.07, 6.45) is 0.0780. The third-order valence-corrected chi connectivity index (χ3v) is 3.24. The average Bonchev–Trinajstić information content (AvgIpc) is 2.92. The molecular weight excluding hydrogens is 305 g/mol. The molecule has 8 nitrogen and oxygen atoms in total. The smallest absolute Gasteiger partial charge is 0.305 e. The average molecular weight is 321 g/mol. The van der Waals surface area contributed by atoms with Gasteiger partial charge in [0.15, 0.2) is 0 Å². The van der Waals surface area contributed by atoms with Gasteiger partial charge in [-0.1, -0.05) is 12.1 Å². The first-order valence-electron chi connectivity index (χ1n) is 6.96. The Morgan fingerprint density at radius 1 is 1.35 bits per heavy atom. The molecule has 1 unspecified atom stereocenters. The van der Waals surface area contributed by atoms with Crippen LogP contribution in [0.25, 0.3) is 0 Å². The van der Waals surface area contributed by atoms with Gasteiger partial charge in [0.05, 0.1) is 6.42 Å². The van der Waals surface area contributed by atoms with Crippen LogP contribution in [0.4, 0.5) is 4.39 Å². The minimum absolute atomic E-state index is 0.00918. The zero-order valence-electron chi connectivity index (χ0n) is 12.4. The van der Waals surface area contributed by atoms with E-state index in [-0.39, 0.29) is 25.2 Å². The van der Waals surface area contributed by atoms with Crippen LogP contribution in [-0.4, -0.2) is 43.7 Å². The number of carbonyl (C=O) groups excluding carboxylic acids is 1. The lowest BCUT2D eigenvalue weighted by molar-refractivity contribution is -0.137. The van der Waals surface area contributed by atoms with Crippen LogP contribution in [0.2, 0.25) is 0 Å². The van der Waals surface area contributed by atoms with Crippen LogP contribution >= 0.6 is 0 Å². The predicted octanol–water partition coefficient (Wildman–Crippen LogP) is 0.495. The zero-order chi connectivity index (χ0) is 16.8. The normalized spacial score (nSPS) is 11.9. The lowest BCUT2D eigenvalue weighted by Crippen LogP contribution is -2.36. The van der Waals surface area contributed by atoms with Crippen LogP contribution in [0.5, 0.6) is 0 Å². The number of halogens is 1. The van der Waals surface area contributed by atoms with E-state index in [4.69, 9.17) is 5.11 Å². The van der Waals surface area contributed by atoms with Gasteiger partial charge in [-0.05, 0) is 35.0 Å². The van der Waals surface area contributed by atoms with Crippen LogP contribution in [0.15, 0.2) is 24.3 Å². The number of hydrogen-bond acceptors (Lipinski definition) is 5. The summed E-state index contributed by atoms with van der Waals surface area (Å²) in [4.78, 5) is 22.9. The molecule has 1 atom stereocenters. The van der Waals surface area contributed by atoms with Crippen molar-refractivity contribution in [3.8, 4) is 0 Å². The van der Waals surface area contributed by atoms with Crippen LogP contribution < -0.4 is 5.32 Å². The Balaban J connectivity index is 2.15. The highest BCUT2D eigenvalue weighted by molar-refractivity contribution is 5.81. The van der Waals surface area contributed by atoms with E-state index in [0.29, 0.717) is 5.82 Å². The van der Waals surface area contributed by atoms with Gasteiger partial charge in [0.25, 0.3) is 0 Å². The third kappa shape index (κ3) is 4.56. The molecule has 9 heteroatoms. The molecule has 0 bridgehead atoms. The molecular formula is C14H16FN5O3. The van der Waals surface area contributed by atoms with E-state index >= 15 is 0 Å². The first kappa shape index (κ1) is 16.5. The van der Waals surface area contributed by atoms with Crippen molar-refractivity contribution in [3.63, 3.8) is 0 Å². The standard InChI is InChI=1S/C14H16FN5O3/c1-9-17-18-19-20(9)12(14(23)16-7-6-13(21)22)8-10-2-4-11(15)5-3-10/h2-5,12H,6-8H2,1H3,(H,16,23)(H,21,22). The van der Waals surface area contributed by atoms with Gasteiger partial charge in [-0.15, -0.1) is 5.10 Å². The van der Waals surface area contributed by atoms with Crippen molar-refractivity contribution < 1.29 is 19.1 Å². The van der Waals surface area contributed by atoms with Gasteiger partial charge in [0.1, 0.15) is 17.7 Å². The molecule has 0 aliphatic rings. The number of aliphatic carboxylic acids is 1. The van der Waals surface area contributed by atoms with E-state index < -0.39 is 17.9 Å². The quantitative estimate of drug-likeness (QED) is 0.768. The maximum atomic E-state index is 13.0. The van der Waals surface area contributed by atoms with E-state index in [0.717, 1.165) is 5.56 Å². The van der Waals surface area contributed by atoms with Gasteiger partial charge in [0.2, 0.25) is 5.91 Å². The first-order valence-corrected chi connectivity index (χ1v) is 6.96. The Morgan fingerprint density at radius 2 is 2.04 bits per heavy atom. The Kier molecular flexibility index (Phi) is 5.34. The topological polar surface area (TPSA) is 110 Å². The Morgan fingerprint density at radius 3 is 2.61 bits per heavy atom. The number of hydrogen-bond donors (Lipinski definition) is 2. The van der Waals surface area contributed by atoms with Gasteiger partial charge < -0.3 is 10.4 Å². The maximum absolute atomic E-state index is 13.0. The number of nitrogens with one attached hydrogen (secondary N) is 1. The van der Waals surface area contributed by atoms with E-state index in [2.05, 4.69) is 20.8 Å². The number of nitrogens with zero attached hydrogens (tertiary/aromatic N) is 4. The van der Waals surface area contributed by atoms with Crippen molar-refractivity contribution >= 4 is 11.9 Å². The van der Waals surface area contributed by atoms with Crippen LogP contribution in [-0.2, 0) is 16.0 Å². The minimum atomic E-state index is -1.00. The monoisotopic (exact) mass is 321 g/mol. The predicted molar refractivity (Wildman–Crippen MR) is 77.0 cm³/mol. The van der Waals surface area contributed by atoms with Crippen molar-refractivity contribution in [2.45, 2.75) is 25.8 Å². The Bertz CT molecular complexity index is 686. The highest BCUT2D eigenvalue weighted by atomic mass is 19.1. The lowest BCUT2D eigenvalue weighted by atomic mass is 10.1. The Labute approximate surface area is 131 Å². The second-order valence-electron chi connectivity index (χ2n) is 4.95. The molecule has 0 saturated heterocycles. The summed E-state index contributed by atoms with van der Waals surface area (Å²) in [6, 6.07) is 5.02. The summed E-state index contributed by atoms with van der Waals surface area (Å²) in [6.45, 7) is 1.66. The summed E-state index contributed by atoms with van der Waals surface area (Å²) >= 11 is 0. The lowest BCUT2D eigenvalue weighted by Gasteiger charge is -2.17. The highest BCUT2D eigenvalue weighted by Gasteiger charge is 2.24. The van der Waals surface area contributed by atoms with E-state index in [9.17, 15) is 14.0 Å². The molecule has 1 aromatic carbocycles. The van der Waals surface area contributed by atoms with Gasteiger partial charge in [-0.2, -0.15) is 0 Å². The molecule has 2 aromatic rings. The fourth-order valence-corrected chi connectivity index (χ4v) is 2.07.